The maximum Gasteiger partial charge on any atom is 0.338 e. The van der Waals surface area contributed by atoms with Crippen molar-refractivity contribution in [3.8, 4) is 0 Å². The number of hydrogen-bond acceptors (Lipinski definition) is 7. The summed E-state index contributed by atoms with van der Waals surface area (Å²) in [4.78, 5) is 29.8. The zero-order valence-electron chi connectivity index (χ0n) is 23.3. The molecule has 1 aliphatic heterocycles. The van der Waals surface area contributed by atoms with E-state index in [4.69, 9.17) is 21.7 Å². The molecule has 0 aromatic heterocycles. The Balaban J connectivity index is 1.46. The highest BCUT2D eigenvalue weighted by Gasteiger charge is 2.28. The molecule has 0 saturated heterocycles. The van der Waals surface area contributed by atoms with Crippen molar-refractivity contribution in [2.75, 3.05) is 6.54 Å². The number of carbonyl (C=O) groups is 2. The Morgan fingerprint density at radius 1 is 1.20 bits per heavy atom. The molecule has 2 aliphatic rings. The van der Waals surface area contributed by atoms with E-state index in [0.717, 1.165) is 41.7 Å². The number of fused-ring (bicyclic) bond motifs is 1. The number of rotatable bonds is 8. The molecular formula is C30H32ClF2N5O3. The third-order valence-corrected chi connectivity index (χ3v) is 6.73. The predicted octanol–water partition coefficient (Wildman–Crippen LogP) is 5.11. The number of hydrogen-bond donors (Lipinski definition) is 4. The van der Waals surface area contributed by atoms with E-state index in [2.05, 4.69) is 20.9 Å². The number of aliphatic imine (C=N–C) groups is 1. The first-order chi connectivity index (χ1) is 19.3. The van der Waals surface area contributed by atoms with Gasteiger partial charge in [0.15, 0.2) is 11.6 Å². The summed E-state index contributed by atoms with van der Waals surface area (Å²) in [5, 5.41) is 16.5. The number of allylic oxidation sites excluding steroid dienone is 1. The molecule has 8 nitrogen and oxygen atoms in total. The highest BCUT2D eigenvalue weighted by atomic mass is 35.5. The van der Waals surface area contributed by atoms with Crippen LogP contribution in [-0.4, -0.2) is 34.9 Å². The van der Waals surface area contributed by atoms with Crippen molar-refractivity contribution in [2.45, 2.75) is 58.7 Å². The van der Waals surface area contributed by atoms with Crippen molar-refractivity contribution in [1.82, 2.24) is 16.0 Å². The van der Waals surface area contributed by atoms with E-state index >= 15 is 0 Å². The summed E-state index contributed by atoms with van der Waals surface area (Å²) in [7, 11) is 0. The van der Waals surface area contributed by atoms with E-state index in [1.54, 1.807) is 12.1 Å². The number of amides is 1. The number of nitrogens with one attached hydrogen (secondary N) is 4. The van der Waals surface area contributed by atoms with Gasteiger partial charge in [0.25, 0.3) is 5.91 Å². The van der Waals surface area contributed by atoms with Crippen LogP contribution in [0.5, 0.6) is 0 Å². The lowest BCUT2D eigenvalue weighted by Gasteiger charge is -2.22. The van der Waals surface area contributed by atoms with Crippen molar-refractivity contribution in [1.29, 1.82) is 5.41 Å². The van der Waals surface area contributed by atoms with Crippen molar-refractivity contribution in [3.63, 3.8) is 0 Å². The quantitative estimate of drug-likeness (QED) is 0.255. The molecule has 2 aromatic rings. The molecule has 1 atom stereocenters. The molecule has 1 unspecified atom stereocenters. The summed E-state index contributed by atoms with van der Waals surface area (Å²) in [6, 6.07) is 7.16. The molecule has 0 fully saturated rings. The summed E-state index contributed by atoms with van der Waals surface area (Å²) in [6.07, 6.45) is 4.49. The average molecular weight is 584 g/mol. The van der Waals surface area contributed by atoms with Crippen LogP contribution in [0.4, 0.5) is 8.78 Å². The van der Waals surface area contributed by atoms with Gasteiger partial charge in [-0.15, -0.1) is 0 Å². The molecule has 4 N–H and O–H groups in total. The van der Waals surface area contributed by atoms with E-state index < -0.39 is 23.1 Å². The lowest BCUT2D eigenvalue weighted by molar-refractivity contribution is -0.114. The fourth-order valence-electron chi connectivity index (χ4n) is 4.76. The Labute approximate surface area is 242 Å². The second kappa shape index (κ2) is 12.3. The Morgan fingerprint density at radius 2 is 1.95 bits per heavy atom. The molecule has 216 valence electrons. The normalized spacial score (nSPS) is 17.3. The zero-order chi connectivity index (χ0) is 29.9. The van der Waals surface area contributed by atoms with Crippen LogP contribution in [0, 0.1) is 24.0 Å². The van der Waals surface area contributed by atoms with Gasteiger partial charge in [-0.3, -0.25) is 10.2 Å². The topological polar surface area (TPSA) is 116 Å². The van der Waals surface area contributed by atoms with Gasteiger partial charge in [0.2, 0.25) is 0 Å². The molecule has 0 radical (unpaired) electrons. The number of benzene rings is 2. The van der Waals surface area contributed by atoms with Crippen LogP contribution < -0.4 is 16.0 Å². The average Bonchev–Trinajstić information content (AvgIpc) is 3.30. The fourth-order valence-corrected chi connectivity index (χ4v) is 4.86. The molecule has 0 bridgehead atoms. The SMILES string of the molecule is Cc1c(C(=O)OC(C)(C)C)ccc2c1CCC2NCC1=CC(C(=O)NCc2ccc(F)c(F)c2)=N/C(=C/C(=N)Cl)N1. The van der Waals surface area contributed by atoms with E-state index in [1.807, 2.05) is 33.8 Å². The first kappa shape index (κ1) is 30.1. The largest absolute Gasteiger partial charge is 0.456 e. The minimum absolute atomic E-state index is 0.0161. The molecule has 4 rings (SSSR count). The van der Waals surface area contributed by atoms with Gasteiger partial charge in [0.05, 0.1) is 5.56 Å². The van der Waals surface area contributed by atoms with Gasteiger partial charge >= 0.3 is 5.97 Å². The lowest BCUT2D eigenvalue weighted by Crippen LogP contribution is -2.35. The summed E-state index contributed by atoms with van der Waals surface area (Å²) >= 11 is 5.74. The Morgan fingerprint density at radius 3 is 2.63 bits per heavy atom. The van der Waals surface area contributed by atoms with Gasteiger partial charge in [-0.25, -0.2) is 18.6 Å². The minimum atomic E-state index is -1.00. The molecule has 0 spiro atoms. The second-order valence-electron chi connectivity index (χ2n) is 10.9. The Bertz CT molecular complexity index is 1490. The van der Waals surface area contributed by atoms with E-state index in [9.17, 15) is 18.4 Å². The second-order valence-corrected chi connectivity index (χ2v) is 11.3. The van der Waals surface area contributed by atoms with Crippen molar-refractivity contribution < 1.29 is 23.1 Å². The van der Waals surface area contributed by atoms with Crippen molar-refractivity contribution in [2.24, 2.45) is 4.99 Å². The smallest absolute Gasteiger partial charge is 0.338 e. The number of halogens is 3. The van der Waals surface area contributed by atoms with Gasteiger partial charge < -0.3 is 20.7 Å². The molecule has 11 heteroatoms. The van der Waals surface area contributed by atoms with Crippen molar-refractivity contribution >= 4 is 34.4 Å². The number of ether oxygens (including phenoxy) is 1. The molecule has 0 saturated carbocycles. The van der Waals surface area contributed by atoms with Crippen LogP contribution in [0.1, 0.15) is 65.8 Å². The van der Waals surface area contributed by atoms with Crippen LogP contribution in [0.15, 0.2) is 59.0 Å². The van der Waals surface area contributed by atoms with E-state index in [0.29, 0.717) is 23.4 Å². The van der Waals surface area contributed by atoms with Crippen LogP contribution in [0.3, 0.4) is 0 Å². The molecular weight excluding hydrogens is 552 g/mol. The first-order valence-electron chi connectivity index (χ1n) is 13.1. The molecule has 1 heterocycles. The predicted molar refractivity (Wildman–Crippen MR) is 154 cm³/mol. The molecule has 1 amide bonds. The van der Waals surface area contributed by atoms with Gasteiger partial charge in [-0.1, -0.05) is 23.7 Å². The Kier molecular flexibility index (Phi) is 9.04. The van der Waals surface area contributed by atoms with Crippen LogP contribution in [0.2, 0.25) is 0 Å². The summed E-state index contributed by atoms with van der Waals surface area (Å²) in [5.41, 5.74) is 4.18. The first-order valence-corrected chi connectivity index (χ1v) is 13.5. The number of carbonyl (C=O) groups excluding carboxylic acids is 2. The fraction of sp³-hybridized carbons (Fsp3) is 0.333. The van der Waals surface area contributed by atoms with Gasteiger partial charge in [0, 0.05) is 30.9 Å². The monoisotopic (exact) mass is 583 g/mol. The summed E-state index contributed by atoms with van der Waals surface area (Å²) < 4.78 is 32.3. The maximum atomic E-state index is 13.5. The number of nitrogens with zero attached hydrogens (tertiary/aromatic N) is 1. The summed E-state index contributed by atoms with van der Waals surface area (Å²) in [5.74, 6) is -2.63. The molecule has 41 heavy (non-hydrogen) atoms. The van der Waals surface area contributed by atoms with Gasteiger partial charge in [-0.05, 0) is 87.1 Å². The molecule has 1 aliphatic carbocycles. The van der Waals surface area contributed by atoms with E-state index in [1.165, 1.54) is 12.1 Å². The van der Waals surface area contributed by atoms with Crippen LogP contribution in [0.25, 0.3) is 0 Å². The Hall–Kier alpha value is -3.89. The number of esters is 1. The standard InChI is InChI=1S/C30H32ClF2N5O3/c1-16-19-8-10-24(21(19)7-6-20(16)29(40)41-30(2,3)4)35-15-18-12-25(38-27(37-18)13-26(31)34)28(39)36-14-17-5-9-22(32)23(33)11-17/h5-7,9,11-13,24,34-35,37H,8,10,14-15H2,1-4H3,(H,36,39)/b27-13+,34-26?. The van der Waals surface area contributed by atoms with Crippen LogP contribution >= 0.6 is 11.6 Å². The summed E-state index contributed by atoms with van der Waals surface area (Å²) in [6.45, 7) is 7.77. The maximum absolute atomic E-state index is 13.5. The molecule has 2 aromatic carbocycles. The van der Waals surface area contributed by atoms with E-state index in [-0.39, 0.29) is 35.3 Å². The lowest BCUT2D eigenvalue weighted by atomic mass is 9.97. The van der Waals surface area contributed by atoms with Gasteiger partial charge in [0.1, 0.15) is 22.3 Å². The van der Waals surface area contributed by atoms with Crippen LogP contribution in [-0.2, 0) is 22.5 Å². The minimum Gasteiger partial charge on any atom is -0.456 e. The highest BCUT2D eigenvalue weighted by molar-refractivity contribution is 6.67. The third kappa shape index (κ3) is 7.65. The van der Waals surface area contributed by atoms with Gasteiger partial charge in [-0.2, -0.15) is 0 Å². The van der Waals surface area contributed by atoms with Crippen molar-refractivity contribution in [3.05, 3.63) is 93.5 Å². The third-order valence-electron chi connectivity index (χ3n) is 6.62. The highest BCUT2D eigenvalue weighted by Crippen LogP contribution is 2.35. The zero-order valence-corrected chi connectivity index (χ0v) is 24.0.